The Labute approximate surface area is 190 Å². The maximum atomic E-state index is 12.7. The number of benzene rings is 2. The summed E-state index contributed by atoms with van der Waals surface area (Å²) in [5, 5.41) is 11.7. The highest BCUT2D eigenvalue weighted by Crippen LogP contribution is 2.46. The molecule has 0 aliphatic heterocycles. The zero-order chi connectivity index (χ0) is 22.4. The molecule has 2 aromatic carbocycles. The van der Waals surface area contributed by atoms with Crippen LogP contribution in [-0.4, -0.2) is 33.9 Å². The number of rotatable bonds is 7. The van der Waals surface area contributed by atoms with Gasteiger partial charge in [0.05, 0.1) is 18.5 Å². The molecule has 0 radical (unpaired) electrons. The largest absolute Gasteiger partial charge is 0.466 e. The molecule has 1 aliphatic carbocycles. The Morgan fingerprint density at radius 1 is 1.34 bits per heavy atom. The first-order valence-corrected chi connectivity index (χ1v) is 11.8. The number of hydrogen-bond donors (Lipinski definition) is 0. The molecule has 1 saturated carbocycles. The summed E-state index contributed by atoms with van der Waals surface area (Å²) in [6.07, 6.45) is 3.42. The van der Waals surface area contributed by atoms with Gasteiger partial charge in [0.1, 0.15) is 5.52 Å². The molecule has 0 spiro atoms. The first kappa shape index (κ1) is 20.8. The monoisotopic (exact) mass is 447 g/mol. The lowest BCUT2D eigenvalue weighted by molar-refractivity contribution is -0.143. The predicted octanol–water partition coefficient (Wildman–Crippen LogP) is 5.27. The van der Waals surface area contributed by atoms with Crippen LogP contribution < -0.4 is 0 Å². The first-order valence-electron chi connectivity index (χ1n) is 11.0. The van der Waals surface area contributed by atoms with E-state index in [0.717, 1.165) is 56.9 Å². The second-order valence-corrected chi connectivity index (χ2v) is 9.41. The van der Waals surface area contributed by atoms with Crippen molar-refractivity contribution in [2.75, 3.05) is 6.61 Å². The molecular formula is C25H25N3O3S. The van der Waals surface area contributed by atoms with E-state index in [2.05, 4.69) is 22.4 Å². The van der Waals surface area contributed by atoms with E-state index in [-0.39, 0.29) is 18.3 Å². The average molecular weight is 448 g/mol. The normalized spacial score (nSPS) is 14.7. The van der Waals surface area contributed by atoms with Crippen LogP contribution in [0.15, 0.2) is 29.6 Å². The summed E-state index contributed by atoms with van der Waals surface area (Å²) in [6.45, 7) is 4.20. The SMILES string of the molecule is CCOC(=O)CC(c1cc(C=O)c2sccc2c1)c1cc(C2CC2)c2c(nnn2C)c1C. The number of esters is 1. The van der Waals surface area contributed by atoms with Crippen molar-refractivity contribution in [3.8, 4) is 0 Å². The zero-order valence-electron chi connectivity index (χ0n) is 18.4. The van der Waals surface area contributed by atoms with Crippen LogP contribution in [0.5, 0.6) is 0 Å². The Morgan fingerprint density at radius 3 is 2.88 bits per heavy atom. The molecule has 164 valence electrons. The highest BCUT2D eigenvalue weighted by molar-refractivity contribution is 7.17. The van der Waals surface area contributed by atoms with Crippen LogP contribution in [0.2, 0.25) is 0 Å². The molecule has 32 heavy (non-hydrogen) atoms. The number of aryl methyl sites for hydroxylation is 2. The van der Waals surface area contributed by atoms with Crippen molar-refractivity contribution >= 4 is 44.7 Å². The predicted molar refractivity (Wildman–Crippen MR) is 126 cm³/mol. The van der Waals surface area contributed by atoms with Crippen molar-refractivity contribution in [2.24, 2.45) is 7.05 Å². The summed E-state index contributed by atoms with van der Waals surface area (Å²) in [6, 6.07) is 8.28. The third kappa shape index (κ3) is 3.50. The quantitative estimate of drug-likeness (QED) is 0.285. The second kappa shape index (κ2) is 8.13. The minimum Gasteiger partial charge on any atom is -0.466 e. The molecule has 1 atom stereocenters. The lowest BCUT2D eigenvalue weighted by atomic mass is 9.83. The number of nitrogens with zero attached hydrogens (tertiary/aromatic N) is 3. The molecule has 4 aromatic rings. The molecule has 1 aliphatic rings. The molecule has 5 rings (SSSR count). The summed E-state index contributed by atoms with van der Waals surface area (Å²) in [7, 11) is 1.93. The van der Waals surface area contributed by atoms with Gasteiger partial charge in [0, 0.05) is 23.2 Å². The number of thiophene rings is 1. The van der Waals surface area contributed by atoms with Gasteiger partial charge in [0.2, 0.25) is 0 Å². The van der Waals surface area contributed by atoms with E-state index >= 15 is 0 Å². The molecule has 2 heterocycles. The minimum absolute atomic E-state index is 0.207. The van der Waals surface area contributed by atoms with Crippen LogP contribution in [0.3, 0.4) is 0 Å². The van der Waals surface area contributed by atoms with Crippen LogP contribution in [-0.2, 0) is 16.6 Å². The minimum atomic E-state index is -0.248. The van der Waals surface area contributed by atoms with Crippen molar-refractivity contribution in [1.82, 2.24) is 15.0 Å². The van der Waals surface area contributed by atoms with Gasteiger partial charge in [0.25, 0.3) is 0 Å². The summed E-state index contributed by atoms with van der Waals surface area (Å²) >= 11 is 1.56. The fourth-order valence-corrected chi connectivity index (χ4v) is 5.56. The number of aromatic nitrogens is 3. The zero-order valence-corrected chi connectivity index (χ0v) is 19.2. The van der Waals surface area contributed by atoms with E-state index in [0.29, 0.717) is 18.1 Å². The first-order chi connectivity index (χ1) is 15.5. The fraction of sp³-hybridized carbons (Fsp3) is 0.360. The standard InChI is InChI=1S/C25H25N3O3S/c1-4-31-22(30)12-20(17-9-16-7-8-32-25(16)18(10-17)13-29)19-11-21(15-5-6-15)24-23(14(19)2)26-27-28(24)3/h7-11,13,15,20H,4-6,12H2,1-3H3. The van der Waals surface area contributed by atoms with E-state index < -0.39 is 0 Å². The number of hydrogen-bond acceptors (Lipinski definition) is 6. The average Bonchev–Trinajstić information content (AvgIpc) is 3.39. The molecule has 0 N–H and O–H groups in total. The fourth-order valence-electron chi connectivity index (χ4n) is 4.70. The molecule has 0 bridgehead atoms. The van der Waals surface area contributed by atoms with Crippen molar-refractivity contribution < 1.29 is 14.3 Å². The van der Waals surface area contributed by atoms with Gasteiger partial charge >= 0.3 is 5.97 Å². The Morgan fingerprint density at radius 2 is 2.16 bits per heavy atom. The lowest BCUT2D eigenvalue weighted by Crippen LogP contribution is -2.14. The van der Waals surface area contributed by atoms with Crippen LogP contribution in [0.4, 0.5) is 0 Å². The van der Waals surface area contributed by atoms with Crippen molar-refractivity contribution in [2.45, 2.75) is 44.9 Å². The topological polar surface area (TPSA) is 74.1 Å². The Hall–Kier alpha value is -3.06. The molecule has 1 fully saturated rings. The van der Waals surface area contributed by atoms with Crippen molar-refractivity contribution in [3.05, 3.63) is 57.5 Å². The van der Waals surface area contributed by atoms with E-state index in [4.69, 9.17) is 4.74 Å². The maximum absolute atomic E-state index is 12.7. The number of carbonyl (C=O) groups excluding carboxylic acids is 2. The van der Waals surface area contributed by atoms with E-state index in [1.54, 1.807) is 11.3 Å². The van der Waals surface area contributed by atoms with Gasteiger partial charge in [0.15, 0.2) is 6.29 Å². The molecule has 0 amide bonds. The summed E-state index contributed by atoms with van der Waals surface area (Å²) in [4.78, 5) is 24.5. The molecule has 7 heteroatoms. The number of carbonyl (C=O) groups is 2. The smallest absolute Gasteiger partial charge is 0.306 e. The van der Waals surface area contributed by atoms with Crippen LogP contribution in [0, 0.1) is 6.92 Å². The van der Waals surface area contributed by atoms with E-state index in [1.165, 1.54) is 5.56 Å². The van der Waals surface area contributed by atoms with Gasteiger partial charge in [-0.25, -0.2) is 4.68 Å². The van der Waals surface area contributed by atoms with Gasteiger partial charge < -0.3 is 4.74 Å². The molecule has 2 aromatic heterocycles. The lowest BCUT2D eigenvalue weighted by Gasteiger charge is -2.22. The van der Waals surface area contributed by atoms with Crippen molar-refractivity contribution in [1.29, 1.82) is 0 Å². The molecule has 0 saturated heterocycles. The van der Waals surface area contributed by atoms with Gasteiger partial charge in [-0.1, -0.05) is 11.3 Å². The molecular weight excluding hydrogens is 422 g/mol. The number of fused-ring (bicyclic) bond motifs is 2. The number of ether oxygens (including phenoxy) is 1. The van der Waals surface area contributed by atoms with Crippen molar-refractivity contribution in [3.63, 3.8) is 0 Å². The van der Waals surface area contributed by atoms with Crippen LogP contribution in [0.1, 0.15) is 70.6 Å². The third-order valence-corrected chi connectivity index (χ3v) is 7.38. The third-order valence-electron chi connectivity index (χ3n) is 6.40. The summed E-state index contributed by atoms with van der Waals surface area (Å²) in [5.41, 5.74) is 6.87. The maximum Gasteiger partial charge on any atom is 0.306 e. The van der Waals surface area contributed by atoms with E-state index in [9.17, 15) is 9.59 Å². The van der Waals surface area contributed by atoms with Crippen LogP contribution >= 0.6 is 11.3 Å². The summed E-state index contributed by atoms with van der Waals surface area (Å²) in [5.74, 6) is 0.0188. The Bertz CT molecular complexity index is 1350. The Balaban J connectivity index is 1.73. The highest BCUT2D eigenvalue weighted by Gasteiger charge is 2.31. The molecule has 6 nitrogen and oxygen atoms in total. The van der Waals surface area contributed by atoms with E-state index in [1.807, 2.05) is 43.1 Å². The second-order valence-electron chi connectivity index (χ2n) is 8.49. The van der Waals surface area contributed by atoms with Gasteiger partial charge in [-0.2, -0.15) is 0 Å². The van der Waals surface area contributed by atoms with Gasteiger partial charge in [-0.15, -0.1) is 16.4 Å². The number of aldehydes is 1. The summed E-state index contributed by atoms with van der Waals surface area (Å²) < 4.78 is 8.15. The Kier molecular flexibility index (Phi) is 5.29. The highest BCUT2D eigenvalue weighted by atomic mass is 32.1. The van der Waals surface area contributed by atoms with Gasteiger partial charge in [-0.05, 0) is 83.8 Å². The molecule has 1 unspecified atom stereocenters. The van der Waals surface area contributed by atoms with Crippen LogP contribution in [0.25, 0.3) is 21.1 Å². The van der Waals surface area contributed by atoms with Gasteiger partial charge in [-0.3, -0.25) is 9.59 Å².